The standard InChI is InChI=1S/C15H13ClO3S/c1-2-18-12-9-7-11(8-10-12)15(17)19-20-14-6-4-3-5-13(14)16/h3-10H,2H2,1H3. The lowest BCUT2D eigenvalue weighted by atomic mass is 10.2. The van der Waals surface area contributed by atoms with Crippen LogP contribution in [0.5, 0.6) is 5.75 Å². The lowest BCUT2D eigenvalue weighted by molar-refractivity contribution is 0.0768. The summed E-state index contributed by atoms with van der Waals surface area (Å²) in [6, 6.07) is 14.0. The van der Waals surface area contributed by atoms with E-state index in [0.29, 0.717) is 22.1 Å². The van der Waals surface area contributed by atoms with Crippen LogP contribution < -0.4 is 4.74 Å². The molecule has 0 spiro atoms. The van der Waals surface area contributed by atoms with Gasteiger partial charge in [0.05, 0.1) is 34.1 Å². The van der Waals surface area contributed by atoms with Gasteiger partial charge in [0.2, 0.25) is 0 Å². The van der Waals surface area contributed by atoms with Crippen LogP contribution in [0.25, 0.3) is 0 Å². The van der Waals surface area contributed by atoms with Crippen molar-refractivity contribution in [3.05, 3.63) is 59.1 Å². The number of rotatable bonds is 5. The smallest absolute Gasteiger partial charge is 0.350 e. The van der Waals surface area contributed by atoms with Gasteiger partial charge in [-0.2, -0.15) is 0 Å². The molecule has 0 saturated heterocycles. The third-order valence-electron chi connectivity index (χ3n) is 2.44. The number of benzene rings is 2. The van der Waals surface area contributed by atoms with E-state index in [1.54, 1.807) is 36.4 Å². The Morgan fingerprint density at radius 2 is 1.85 bits per heavy atom. The summed E-state index contributed by atoms with van der Waals surface area (Å²) in [7, 11) is 0. The van der Waals surface area contributed by atoms with Crippen LogP contribution in [0.2, 0.25) is 5.02 Å². The maximum atomic E-state index is 11.9. The maximum absolute atomic E-state index is 11.9. The highest BCUT2D eigenvalue weighted by Gasteiger charge is 2.10. The molecule has 20 heavy (non-hydrogen) atoms. The van der Waals surface area contributed by atoms with Crippen LogP contribution in [-0.2, 0) is 4.18 Å². The van der Waals surface area contributed by atoms with Gasteiger partial charge in [-0.05, 0) is 43.3 Å². The number of halogens is 1. The number of carbonyl (C=O) groups is 1. The van der Waals surface area contributed by atoms with Crippen molar-refractivity contribution in [2.45, 2.75) is 11.8 Å². The fourth-order valence-corrected chi connectivity index (χ4v) is 2.27. The van der Waals surface area contributed by atoms with Crippen LogP contribution in [0, 0.1) is 0 Å². The second kappa shape index (κ2) is 7.22. The Bertz CT molecular complexity index is 584. The van der Waals surface area contributed by atoms with Gasteiger partial charge >= 0.3 is 5.97 Å². The molecule has 0 fully saturated rings. The zero-order chi connectivity index (χ0) is 14.4. The van der Waals surface area contributed by atoms with Gasteiger partial charge in [0.1, 0.15) is 5.75 Å². The van der Waals surface area contributed by atoms with Gasteiger partial charge in [-0.1, -0.05) is 23.7 Å². The molecule has 0 aliphatic heterocycles. The lowest BCUT2D eigenvalue weighted by Gasteiger charge is -2.05. The molecule has 0 amide bonds. The first-order chi connectivity index (χ1) is 9.70. The first-order valence-electron chi connectivity index (χ1n) is 6.07. The summed E-state index contributed by atoms with van der Waals surface area (Å²) in [5, 5.41) is 0.553. The fourth-order valence-electron chi connectivity index (χ4n) is 1.50. The highest BCUT2D eigenvalue weighted by molar-refractivity contribution is 7.95. The van der Waals surface area contributed by atoms with E-state index in [1.807, 2.05) is 19.1 Å². The maximum Gasteiger partial charge on any atom is 0.350 e. The number of ether oxygens (including phenoxy) is 1. The molecule has 0 saturated carbocycles. The van der Waals surface area contributed by atoms with Crippen molar-refractivity contribution >= 4 is 29.6 Å². The van der Waals surface area contributed by atoms with Crippen LogP contribution >= 0.6 is 23.6 Å². The molecule has 0 heterocycles. The first-order valence-corrected chi connectivity index (χ1v) is 7.19. The molecule has 0 aromatic heterocycles. The Morgan fingerprint density at radius 3 is 2.50 bits per heavy atom. The normalized spacial score (nSPS) is 10.1. The van der Waals surface area contributed by atoms with Gasteiger partial charge in [0.25, 0.3) is 0 Å². The Morgan fingerprint density at radius 1 is 1.15 bits per heavy atom. The molecule has 104 valence electrons. The van der Waals surface area contributed by atoms with Crippen molar-refractivity contribution < 1.29 is 13.7 Å². The van der Waals surface area contributed by atoms with Crippen LogP contribution in [0.1, 0.15) is 17.3 Å². The van der Waals surface area contributed by atoms with Crippen molar-refractivity contribution in [3.8, 4) is 5.75 Å². The van der Waals surface area contributed by atoms with E-state index in [-0.39, 0.29) is 0 Å². The Labute approximate surface area is 127 Å². The van der Waals surface area contributed by atoms with Crippen LogP contribution in [0.15, 0.2) is 53.4 Å². The second-order valence-corrected chi connectivity index (χ2v) is 5.02. The number of carbonyl (C=O) groups excluding carboxylic acids is 1. The van der Waals surface area contributed by atoms with E-state index in [1.165, 1.54) is 0 Å². The van der Waals surface area contributed by atoms with Gasteiger partial charge in [0.15, 0.2) is 0 Å². The van der Waals surface area contributed by atoms with Crippen molar-refractivity contribution in [1.82, 2.24) is 0 Å². The highest BCUT2D eigenvalue weighted by Crippen LogP contribution is 2.28. The van der Waals surface area contributed by atoms with Crippen molar-refractivity contribution in [1.29, 1.82) is 0 Å². The fraction of sp³-hybridized carbons (Fsp3) is 0.133. The Balaban J connectivity index is 1.96. The monoisotopic (exact) mass is 308 g/mol. The van der Waals surface area contributed by atoms with Crippen LogP contribution in [0.4, 0.5) is 0 Å². The summed E-state index contributed by atoms with van der Waals surface area (Å²) >= 11 is 6.93. The average Bonchev–Trinajstić information content (AvgIpc) is 2.47. The molecule has 0 aliphatic rings. The molecule has 0 bridgehead atoms. The summed E-state index contributed by atoms with van der Waals surface area (Å²) in [5.74, 6) is 0.306. The molecule has 0 aliphatic carbocycles. The lowest BCUT2D eigenvalue weighted by Crippen LogP contribution is -2.00. The summed E-state index contributed by atoms with van der Waals surface area (Å²) in [6.07, 6.45) is 0. The predicted molar refractivity (Wildman–Crippen MR) is 80.3 cm³/mol. The van der Waals surface area contributed by atoms with Gasteiger partial charge in [0, 0.05) is 0 Å². The largest absolute Gasteiger partial charge is 0.494 e. The molecule has 5 heteroatoms. The SMILES string of the molecule is CCOc1ccc(C(=O)OSc2ccccc2Cl)cc1. The summed E-state index contributed by atoms with van der Waals surface area (Å²) in [6.45, 7) is 2.49. The zero-order valence-corrected chi connectivity index (χ0v) is 12.4. The van der Waals surface area contributed by atoms with E-state index < -0.39 is 5.97 Å². The predicted octanol–water partition coefficient (Wildman–Crippen LogP) is 4.60. The van der Waals surface area contributed by atoms with Crippen molar-refractivity contribution in [2.24, 2.45) is 0 Å². The summed E-state index contributed by atoms with van der Waals surface area (Å²) in [5.41, 5.74) is 0.466. The minimum absolute atomic E-state index is 0.419. The Hall–Kier alpha value is -1.65. The molecule has 0 N–H and O–H groups in total. The molecule has 0 radical (unpaired) electrons. The minimum Gasteiger partial charge on any atom is -0.494 e. The first kappa shape index (κ1) is 14.8. The van der Waals surface area contributed by atoms with Crippen LogP contribution in [0.3, 0.4) is 0 Å². The zero-order valence-electron chi connectivity index (χ0n) is 10.8. The quantitative estimate of drug-likeness (QED) is 0.756. The molecule has 0 unspecified atom stereocenters. The molecule has 0 atom stereocenters. The van der Waals surface area contributed by atoms with E-state index in [4.69, 9.17) is 20.5 Å². The third-order valence-corrected chi connectivity index (χ3v) is 3.66. The highest BCUT2D eigenvalue weighted by atomic mass is 35.5. The molecule has 2 aromatic carbocycles. The molecule has 2 rings (SSSR count). The van der Waals surface area contributed by atoms with Crippen molar-refractivity contribution in [3.63, 3.8) is 0 Å². The van der Waals surface area contributed by atoms with E-state index in [0.717, 1.165) is 17.8 Å². The summed E-state index contributed by atoms with van der Waals surface area (Å²) in [4.78, 5) is 12.6. The van der Waals surface area contributed by atoms with Crippen LogP contribution in [-0.4, -0.2) is 12.6 Å². The van der Waals surface area contributed by atoms with E-state index in [2.05, 4.69) is 0 Å². The van der Waals surface area contributed by atoms with Gasteiger partial charge in [-0.25, -0.2) is 4.79 Å². The van der Waals surface area contributed by atoms with Crippen molar-refractivity contribution in [2.75, 3.05) is 6.61 Å². The minimum atomic E-state index is -0.419. The molecule has 2 aromatic rings. The average molecular weight is 309 g/mol. The number of hydrogen-bond acceptors (Lipinski definition) is 4. The van der Waals surface area contributed by atoms with Gasteiger partial charge in [-0.15, -0.1) is 0 Å². The number of hydrogen-bond donors (Lipinski definition) is 0. The Kier molecular flexibility index (Phi) is 5.32. The van der Waals surface area contributed by atoms with Gasteiger partial charge in [-0.3, -0.25) is 0 Å². The van der Waals surface area contributed by atoms with Gasteiger partial charge < -0.3 is 8.92 Å². The summed E-state index contributed by atoms with van der Waals surface area (Å²) < 4.78 is 10.5. The topological polar surface area (TPSA) is 35.5 Å². The second-order valence-electron chi connectivity index (χ2n) is 3.84. The molecule has 3 nitrogen and oxygen atoms in total. The molecular formula is C15H13ClO3S. The van der Waals surface area contributed by atoms with E-state index in [9.17, 15) is 4.79 Å². The molecular weight excluding hydrogens is 296 g/mol. The van der Waals surface area contributed by atoms with E-state index >= 15 is 0 Å². The third kappa shape index (κ3) is 3.92.